The van der Waals surface area contributed by atoms with Crippen LogP contribution in [0.15, 0.2) is 0 Å². The molecule has 74 valence electrons. The van der Waals surface area contributed by atoms with Gasteiger partial charge in [-0.3, -0.25) is 9.59 Å². The summed E-state index contributed by atoms with van der Waals surface area (Å²) in [5.41, 5.74) is 5.32. The number of amides is 2. The quantitative estimate of drug-likeness (QED) is 0.590. The number of rotatable bonds is 3. The van der Waals surface area contributed by atoms with E-state index in [1.807, 2.05) is 6.92 Å². The van der Waals surface area contributed by atoms with E-state index in [1.165, 1.54) is 4.90 Å². The van der Waals surface area contributed by atoms with E-state index in [9.17, 15) is 9.59 Å². The monoisotopic (exact) mass is 185 g/mol. The summed E-state index contributed by atoms with van der Waals surface area (Å²) >= 11 is 0. The molecule has 1 heterocycles. The van der Waals surface area contributed by atoms with Gasteiger partial charge in [-0.15, -0.1) is 0 Å². The highest BCUT2D eigenvalue weighted by molar-refractivity contribution is 5.92. The van der Waals surface area contributed by atoms with Crippen LogP contribution in [0.25, 0.3) is 0 Å². The Bertz CT molecular complexity index is 217. The predicted octanol–water partition coefficient (Wildman–Crippen LogP) is -1.36. The third kappa shape index (κ3) is 2.18. The first-order valence-electron chi connectivity index (χ1n) is 4.44. The minimum absolute atomic E-state index is 0.00750. The van der Waals surface area contributed by atoms with Crippen LogP contribution in [0.4, 0.5) is 0 Å². The Balaban J connectivity index is 2.56. The zero-order valence-corrected chi connectivity index (χ0v) is 7.82. The zero-order valence-electron chi connectivity index (χ0n) is 7.82. The van der Waals surface area contributed by atoms with Crippen LogP contribution >= 0.6 is 0 Å². The lowest BCUT2D eigenvalue weighted by Gasteiger charge is -2.32. The molecule has 0 aromatic rings. The van der Waals surface area contributed by atoms with Crippen LogP contribution < -0.4 is 5.73 Å². The Morgan fingerprint density at radius 2 is 1.77 bits per heavy atom. The van der Waals surface area contributed by atoms with Crippen LogP contribution in [0.3, 0.4) is 0 Å². The molecule has 13 heavy (non-hydrogen) atoms. The fourth-order valence-corrected chi connectivity index (χ4v) is 1.35. The number of hydrogen-bond donors (Lipinski definition) is 1. The Kier molecular flexibility index (Phi) is 3.25. The minimum Gasteiger partial charge on any atom is -0.332 e. The maximum Gasteiger partial charge on any atom is 0.242 e. The number of carbonyl (C=O) groups is 2. The third-order valence-electron chi connectivity index (χ3n) is 2.14. The van der Waals surface area contributed by atoms with Gasteiger partial charge in [-0.25, -0.2) is 0 Å². The van der Waals surface area contributed by atoms with Crippen molar-refractivity contribution in [2.75, 3.05) is 32.7 Å². The largest absolute Gasteiger partial charge is 0.332 e. The Morgan fingerprint density at radius 1 is 1.23 bits per heavy atom. The molecule has 0 aliphatic carbocycles. The average Bonchev–Trinajstić information content (AvgIpc) is 2.11. The molecular formula is C8H15N3O2. The van der Waals surface area contributed by atoms with Crippen molar-refractivity contribution in [3.8, 4) is 0 Å². The first-order chi connectivity index (χ1) is 6.19. The van der Waals surface area contributed by atoms with Gasteiger partial charge >= 0.3 is 0 Å². The summed E-state index contributed by atoms with van der Waals surface area (Å²) in [6.45, 7) is 3.73. The van der Waals surface area contributed by atoms with E-state index in [4.69, 9.17) is 5.73 Å². The maximum atomic E-state index is 11.4. The molecule has 0 saturated carbocycles. The summed E-state index contributed by atoms with van der Waals surface area (Å²) in [6.07, 6.45) is 0. The van der Waals surface area contributed by atoms with Gasteiger partial charge in [-0.05, 0) is 6.92 Å². The number of carbonyl (C=O) groups excluding carboxylic acids is 2. The first-order valence-corrected chi connectivity index (χ1v) is 4.44. The molecule has 2 N–H and O–H groups in total. The van der Waals surface area contributed by atoms with Crippen molar-refractivity contribution in [3.05, 3.63) is 0 Å². The second kappa shape index (κ2) is 4.23. The number of piperazine rings is 1. The molecule has 2 amide bonds. The lowest BCUT2D eigenvalue weighted by molar-refractivity contribution is -0.149. The molecule has 5 heteroatoms. The van der Waals surface area contributed by atoms with E-state index in [-0.39, 0.29) is 24.9 Å². The molecule has 1 saturated heterocycles. The SMILES string of the molecule is CCN1CC(=O)N(CCN)CC1=O. The molecule has 1 aliphatic rings. The van der Waals surface area contributed by atoms with E-state index in [0.29, 0.717) is 19.6 Å². The van der Waals surface area contributed by atoms with Gasteiger partial charge in [0.1, 0.15) is 0 Å². The van der Waals surface area contributed by atoms with Gasteiger partial charge in [-0.1, -0.05) is 0 Å². The second-order valence-electron chi connectivity index (χ2n) is 3.01. The van der Waals surface area contributed by atoms with Gasteiger partial charge in [0.15, 0.2) is 0 Å². The lowest BCUT2D eigenvalue weighted by atomic mass is 10.3. The van der Waals surface area contributed by atoms with Crippen LogP contribution in [-0.2, 0) is 9.59 Å². The van der Waals surface area contributed by atoms with Crippen LogP contribution in [0.2, 0.25) is 0 Å². The topological polar surface area (TPSA) is 66.6 Å². The van der Waals surface area contributed by atoms with Crippen molar-refractivity contribution < 1.29 is 9.59 Å². The van der Waals surface area contributed by atoms with Gasteiger partial charge in [0.2, 0.25) is 11.8 Å². The average molecular weight is 185 g/mol. The second-order valence-corrected chi connectivity index (χ2v) is 3.01. The highest BCUT2D eigenvalue weighted by Gasteiger charge is 2.27. The highest BCUT2D eigenvalue weighted by Crippen LogP contribution is 2.03. The van der Waals surface area contributed by atoms with Crippen LogP contribution in [0.1, 0.15) is 6.92 Å². The van der Waals surface area contributed by atoms with Crippen LogP contribution in [0, 0.1) is 0 Å². The smallest absolute Gasteiger partial charge is 0.242 e. The van der Waals surface area contributed by atoms with E-state index < -0.39 is 0 Å². The Hall–Kier alpha value is -1.10. The normalized spacial score (nSPS) is 18.3. The maximum absolute atomic E-state index is 11.4. The molecule has 0 aromatic carbocycles. The van der Waals surface area contributed by atoms with Gasteiger partial charge < -0.3 is 15.5 Å². The fourth-order valence-electron chi connectivity index (χ4n) is 1.35. The molecule has 1 aliphatic heterocycles. The summed E-state index contributed by atoms with van der Waals surface area (Å²) < 4.78 is 0. The molecule has 0 spiro atoms. The zero-order chi connectivity index (χ0) is 9.84. The summed E-state index contributed by atoms with van der Waals surface area (Å²) in [6, 6.07) is 0. The van der Waals surface area contributed by atoms with Crippen LogP contribution in [0.5, 0.6) is 0 Å². The van der Waals surface area contributed by atoms with Crippen molar-refractivity contribution in [1.29, 1.82) is 0 Å². The molecule has 0 aromatic heterocycles. The fraction of sp³-hybridized carbons (Fsp3) is 0.750. The summed E-state index contributed by atoms with van der Waals surface area (Å²) in [7, 11) is 0. The number of likely N-dealkylation sites (N-methyl/N-ethyl adjacent to an activating group) is 1. The van der Waals surface area contributed by atoms with E-state index >= 15 is 0 Å². The predicted molar refractivity (Wildman–Crippen MR) is 47.9 cm³/mol. The first kappa shape index (κ1) is 9.98. The third-order valence-corrected chi connectivity index (χ3v) is 2.14. The molecule has 0 bridgehead atoms. The van der Waals surface area contributed by atoms with Crippen molar-refractivity contribution in [2.24, 2.45) is 5.73 Å². The lowest BCUT2D eigenvalue weighted by Crippen LogP contribution is -2.54. The minimum atomic E-state index is -0.00750. The van der Waals surface area contributed by atoms with Gasteiger partial charge in [0, 0.05) is 19.6 Å². The number of nitrogens with two attached hydrogens (primary N) is 1. The molecule has 1 rings (SSSR count). The van der Waals surface area contributed by atoms with Crippen molar-refractivity contribution >= 4 is 11.8 Å². The molecule has 0 unspecified atom stereocenters. The van der Waals surface area contributed by atoms with Crippen molar-refractivity contribution in [2.45, 2.75) is 6.92 Å². The summed E-state index contributed by atoms with van der Waals surface area (Å²) in [5, 5.41) is 0. The highest BCUT2D eigenvalue weighted by atomic mass is 16.2. The summed E-state index contributed by atoms with van der Waals surface area (Å²) in [5.74, 6) is 0.00227. The van der Waals surface area contributed by atoms with Gasteiger partial charge in [0.25, 0.3) is 0 Å². The Labute approximate surface area is 77.5 Å². The molecule has 5 nitrogen and oxygen atoms in total. The van der Waals surface area contributed by atoms with Gasteiger partial charge in [-0.2, -0.15) is 0 Å². The molecule has 1 fully saturated rings. The molecular weight excluding hydrogens is 170 g/mol. The number of nitrogens with zero attached hydrogens (tertiary/aromatic N) is 2. The van der Waals surface area contributed by atoms with E-state index in [0.717, 1.165) is 0 Å². The molecule has 0 atom stereocenters. The van der Waals surface area contributed by atoms with Crippen molar-refractivity contribution in [1.82, 2.24) is 9.80 Å². The van der Waals surface area contributed by atoms with Crippen molar-refractivity contribution in [3.63, 3.8) is 0 Å². The number of hydrogen-bond acceptors (Lipinski definition) is 3. The van der Waals surface area contributed by atoms with E-state index in [2.05, 4.69) is 0 Å². The van der Waals surface area contributed by atoms with E-state index in [1.54, 1.807) is 4.90 Å². The summed E-state index contributed by atoms with van der Waals surface area (Å²) in [4.78, 5) is 25.8. The molecule has 0 radical (unpaired) electrons. The standard InChI is InChI=1S/C8H15N3O2/c1-2-10-5-8(13)11(4-3-9)6-7(10)12/h2-6,9H2,1H3. The van der Waals surface area contributed by atoms with Crippen LogP contribution in [-0.4, -0.2) is 54.3 Å². The Morgan fingerprint density at radius 3 is 2.31 bits per heavy atom. The van der Waals surface area contributed by atoms with Gasteiger partial charge in [0.05, 0.1) is 13.1 Å².